The molecule has 1 heterocycles. The molecule has 23 heavy (non-hydrogen) atoms. The van der Waals surface area contributed by atoms with E-state index in [0.29, 0.717) is 36.9 Å². The van der Waals surface area contributed by atoms with Gasteiger partial charge in [-0.2, -0.15) is 0 Å². The standard InChI is InChI=1S/C18H23ClN2O2/c19-15-5-7-16(8-6-15)21-12-14(10-18(21)23)11-20-17(22)9-13-3-1-2-4-13/h5-8,13-14H,1-4,9-12H2,(H,20,22)/t14-/m0/s1. The van der Waals surface area contributed by atoms with Crippen molar-refractivity contribution in [3.05, 3.63) is 29.3 Å². The number of benzene rings is 1. The van der Waals surface area contributed by atoms with Crippen LogP contribution in [0.1, 0.15) is 38.5 Å². The van der Waals surface area contributed by atoms with E-state index in [4.69, 9.17) is 11.6 Å². The lowest BCUT2D eigenvalue weighted by atomic mass is 10.0. The minimum Gasteiger partial charge on any atom is -0.356 e. The molecule has 1 aromatic rings. The minimum atomic E-state index is 0.113. The molecule has 2 amide bonds. The van der Waals surface area contributed by atoms with E-state index < -0.39 is 0 Å². The van der Waals surface area contributed by atoms with E-state index in [0.717, 1.165) is 5.69 Å². The van der Waals surface area contributed by atoms with Crippen molar-refractivity contribution in [3.63, 3.8) is 0 Å². The molecule has 0 radical (unpaired) electrons. The predicted molar refractivity (Wildman–Crippen MR) is 91.5 cm³/mol. The highest BCUT2D eigenvalue weighted by Gasteiger charge is 2.30. The molecule has 2 fully saturated rings. The van der Waals surface area contributed by atoms with Gasteiger partial charge in [0.05, 0.1) is 0 Å². The van der Waals surface area contributed by atoms with Gasteiger partial charge in [-0.3, -0.25) is 9.59 Å². The topological polar surface area (TPSA) is 49.4 Å². The summed E-state index contributed by atoms with van der Waals surface area (Å²) in [5.41, 5.74) is 0.874. The van der Waals surface area contributed by atoms with E-state index in [1.54, 1.807) is 17.0 Å². The number of carbonyl (C=O) groups is 2. The van der Waals surface area contributed by atoms with Crippen LogP contribution in [-0.4, -0.2) is 24.9 Å². The maximum Gasteiger partial charge on any atom is 0.227 e. The predicted octanol–water partition coefficient (Wildman–Crippen LogP) is 3.39. The molecule has 3 rings (SSSR count). The normalized spacial score (nSPS) is 21.9. The summed E-state index contributed by atoms with van der Waals surface area (Å²) in [6, 6.07) is 7.31. The summed E-state index contributed by atoms with van der Waals surface area (Å²) >= 11 is 5.89. The molecule has 0 bridgehead atoms. The van der Waals surface area contributed by atoms with Gasteiger partial charge >= 0.3 is 0 Å². The number of nitrogens with one attached hydrogen (secondary N) is 1. The lowest BCUT2D eigenvalue weighted by Crippen LogP contribution is -2.32. The lowest BCUT2D eigenvalue weighted by molar-refractivity contribution is -0.122. The number of halogens is 1. The van der Waals surface area contributed by atoms with Crippen molar-refractivity contribution in [1.29, 1.82) is 0 Å². The van der Waals surface area contributed by atoms with Crippen molar-refractivity contribution < 1.29 is 9.59 Å². The quantitative estimate of drug-likeness (QED) is 0.897. The van der Waals surface area contributed by atoms with Gasteiger partial charge in [-0.05, 0) is 43.0 Å². The molecule has 124 valence electrons. The molecule has 2 aliphatic rings. The second kappa shape index (κ2) is 7.35. The molecule has 1 saturated heterocycles. The highest BCUT2D eigenvalue weighted by molar-refractivity contribution is 6.30. The molecule has 1 atom stereocenters. The molecular weight excluding hydrogens is 312 g/mol. The molecular formula is C18H23ClN2O2. The van der Waals surface area contributed by atoms with Gasteiger partial charge in [0.15, 0.2) is 0 Å². The van der Waals surface area contributed by atoms with Crippen LogP contribution in [0.25, 0.3) is 0 Å². The van der Waals surface area contributed by atoms with Crippen LogP contribution in [-0.2, 0) is 9.59 Å². The summed E-state index contributed by atoms with van der Waals surface area (Å²) in [7, 11) is 0. The first-order valence-corrected chi connectivity index (χ1v) is 8.82. The highest BCUT2D eigenvalue weighted by Crippen LogP contribution is 2.28. The molecule has 5 heteroatoms. The largest absolute Gasteiger partial charge is 0.356 e. The molecule has 0 unspecified atom stereocenters. The van der Waals surface area contributed by atoms with E-state index in [-0.39, 0.29) is 17.7 Å². The van der Waals surface area contributed by atoms with Gasteiger partial charge in [0.25, 0.3) is 0 Å². The second-order valence-electron chi connectivity index (χ2n) is 6.71. The monoisotopic (exact) mass is 334 g/mol. The average molecular weight is 335 g/mol. The first-order valence-electron chi connectivity index (χ1n) is 8.44. The van der Waals surface area contributed by atoms with E-state index in [9.17, 15) is 9.59 Å². The zero-order valence-corrected chi connectivity index (χ0v) is 14.0. The van der Waals surface area contributed by atoms with Gasteiger partial charge < -0.3 is 10.2 Å². The van der Waals surface area contributed by atoms with Gasteiger partial charge in [-0.15, -0.1) is 0 Å². The smallest absolute Gasteiger partial charge is 0.227 e. The number of amides is 2. The maximum atomic E-state index is 12.2. The number of hydrogen-bond acceptors (Lipinski definition) is 2. The zero-order valence-electron chi connectivity index (χ0n) is 13.3. The van der Waals surface area contributed by atoms with Gasteiger partial charge in [-0.1, -0.05) is 24.4 Å². The van der Waals surface area contributed by atoms with Crippen molar-refractivity contribution in [1.82, 2.24) is 5.32 Å². The lowest BCUT2D eigenvalue weighted by Gasteiger charge is -2.17. The summed E-state index contributed by atoms with van der Waals surface area (Å²) in [6.07, 6.45) is 6.00. The third-order valence-electron chi connectivity index (χ3n) is 4.88. The number of nitrogens with zero attached hydrogens (tertiary/aromatic N) is 1. The van der Waals surface area contributed by atoms with Gasteiger partial charge in [0.2, 0.25) is 11.8 Å². The third-order valence-corrected chi connectivity index (χ3v) is 5.13. The third kappa shape index (κ3) is 4.25. The minimum absolute atomic E-state index is 0.113. The van der Waals surface area contributed by atoms with Gasteiger partial charge in [0.1, 0.15) is 0 Å². The fourth-order valence-electron chi connectivity index (χ4n) is 3.60. The molecule has 0 spiro atoms. The summed E-state index contributed by atoms with van der Waals surface area (Å²) in [5, 5.41) is 3.68. The van der Waals surface area contributed by atoms with Crippen LogP contribution in [0.4, 0.5) is 5.69 Å². The summed E-state index contributed by atoms with van der Waals surface area (Å²) in [5.74, 6) is 0.994. The van der Waals surface area contributed by atoms with Crippen LogP contribution < -0.4 is 10.2 Å². The highest BCUT2D eigenvalue weighted by atomic mass is 35.5. The molecule has 1 saturated carbocycles. The van der Waals surface area contributed by atoms with Crippen molar-refractivity contribution in [2.24, 2.45) is 11.8 Å². The van der Waals surface area contributed by atoms with Crippen LogP contribution in [0, 0.1) is 11.8 Å². The molecule has 1 N–H and O–H groups in total. The van der Waals surface area contributed by atoms with Crippen molar-refractivity contribution in [2.45, 2.75) is 38.5 Å². The van der Waals surface area contributed by atoms with Crippen LogP contribution in [0.5, 0.6) is 0 Å². The Bertz CT molecular complexity index is 567. The van der Waals surface area contributed by atoms with Crippen LogP contribution in [0.2, 0.25) is 5.02 Å². The van der Waals surface area contributed by atoms with E-state index in [2.05, 4.69) is 5.32 Å². The van der Waals surface area contributed by atoms with Crippen LogP contribution in [0.15, 0.2) is 24.3 Å². The Morgan fingerprint density at radius 1 is 1.17 bits per heavy atom. The molecule has 1 aliphatic carbocycles. The van der Waals surface area contributed by atoms with Crippen molar-refractivity contribution in [2.75, 3.05) is 18.0 Å². The van der Waals surface area contributed by atoms with Crippen molar-refractivity contribution >= 4 is 29.1 Å². The average Bonchev–Trinajstić information content (AvgIpc) is 3.16. The number of rotatable bonds is 5. The Morgan fingerprint density at radius 2 is 1.87 bits per heavy atom. The Kier molecular flexibility index (Phi) is 5.21. The summed E-state index contributed by atoms with van der Waals surface area (Å²) < 4.78 is 0. The Morgan fingerprint density at radius 3 is 2.57 bits per heavy atom. The first kappa shape index (κ1) is 16.3. The maximum absolute atomic E-state index is 12.2. The number of hydrogen-bond donors (Lipinski definition) is 1. The van der Waals surface area contributed by atoms with E-state index in [1.165, 1.54) is 25.7 Å². The Balaban J connectivity index is 1.47. The van der Waals surface area contributed by atoms with Crippen LogP contribution in [0.3, 0.4) is 0 Å². The van der Waals surface area contributed by atoms with Crippen molar-refractivity contribution in [3.8, 4) is 0 Å². The SMILES string of the molecule is O=C(CC1CCCC1)NC[C@@H]1CC(=O)N(c2ccc(Cl)cc2)C1. The van der Waals surface area contributed by atoms with Crippen LogP contribution >= 0.6 is 11.6 Å². The number of carbonyl (C=O) groups excluding carboxylic acids is 2. The van der Waals surface area contributed by atoms with E-state index >= 15 is 0 Å². The molecule has 1 aromatic carbocycles. The zero-order chi connectivity index (χ0) is 16.2. The molecule has 1 aliphatic heterocycles. The van der Waals surface area contributed by atoms with Gasteiger partial charge in [0, 0.05) is 42.6 Å². The molecule has 4 nitrogen and oxygen atoms in total. The Labute approximate surface area is 142 Å². The fraction of sp³-hybridized carbons (Fsp3) is 0.556. The van der Waals surface area contributed by atoms with E-state index in [1.807, 2.05) is 12.1 Å². The first-order chi connectivity index (χ1) is 11.1. The fourth-order valence-corrected chi connectivity index (χ4v) is 3.72. The summed E-state index contributed by atoms with van der Waals surface area (Å²) in [4.78, 5) is 26.0. The Hall–Kier alpha value is -1.55. The summed E-state index contributed by atoms with van der Waals surface area (Å²) in [6.45, 7) is 1.24. The second-order valence-corrected chi connectivity index (χ2v) is 7.15. The number of anilines is 1. The van der Waals surface area contributed by atoms with Gasteiger partial charge in [-0.25, -0.2) is 0 Å². The molecule has 0 aromatic heterocycles.